The highest BCUT2D eigenvalue weighted by molar-refractivity contribution is 5.79. The highest BCUT2D eigenvalue weighted by atomic mass is 19.1. The Morgan fingerprint density at radius 3 is 2.71 bits per heavy atom. The number of halogens is 2. The van der Waals surface area contributed by atoms with Crippen LogP contribution in [-0.2, 0) is 10.3 Å². The van der Waals surface area contributed by atoms with E-state index in [1.807, 2.05) is 11.0 Å². The van der Waals surface area contributed by atoms with Crippen LogP contribution in [0.3, 0.4) is 0 Å². The van der Waals surface area contributed by atoms with Crippen LogP contribution in [0.4, 0.5) is 14.6 Å². The van der Waals surface area contributed by atoms with Gasteiger partial charge in [0.05, 0.1) is 25.3 Å². The molecule has 0 spiro atoms. The van der Waals surface area contributed by atoms with E-state index in [1.165, 1.54) is 19.2 Å². The summed E-state index contributed by atoms with van der Waals surface area (Å²) in [5.41, 5.74) is 0.193. The fourth-order valence-corrected chi connectivity index (χ4v) is 5.51. The van der Waals surface area contributed by atoms with E-state index in [4.69, 9.17) is 10.00 Å². The van der Waals surface area contributed by atoms with Gasteiger partial charge in [-0.15, -0.1) is 0 Å². The summed E-state index contributed by atoms with van der Waals surface area (Å²) in [5.74, 6) is -0.637. The van der Waals surface area contributed by atoms with Gasteiger partial charge in [0.25, 0.3) is 0 Å². The van der Waals surface area contributed by atoms with Crippen molar-refractivity contribution in [3.8, 4) is 11.8 Å². The van der Waals surface area contributed by atoms with Crippen LogP contribution in [0.1, 0.15) is 37.3 Å². The topological polar surface area (TPSA) is 81.5 Å². The molecule has 3 atom stereocenters. The van der Waals surface area contributed by atoms with Gasteiger partial charge < -0.3 is 14.5 Å². The van der Waals surface area contributed by atoms with Crippen LogP contribution in [0.15, 0.2) is 30.5 Å². The van der Waals surface area contributed by atoms with Gasteiger partial charge in [-0.05, 0) is 43.4 Å². The third-order valence-corrected chi connectivity index (χ3v) is 7.48. The Hall–Kier alpha value is -3.25. The molecular formula is C25H27F2N5O2. The third kappa shape index (κ3) is 3.76. The number of aromatic nitrogens is 1. The molecule has 1 N–H and O–H groups in total. The number of ether oxygens (including phenoxy) is 1. The lowest BCUT2D eigenvalue weighted by Gasteiger charge is -2.42. The van der Waals surface area contributed by atoms with Crippen molar-refractivity contribution in [3.63, 3.8) is 0 Å². The number of carbonyl (C=O) groups excluding carboxylic acids is 1. The first-order chi connectivity index (χ1) is 16.4. The molecular weight excluding hydrogens is 440 g/mol. The van der Waals surface area contributed by atoms with E-state index < -0.39 is 22.9 Å². The van der Waals surface area contributed by atoms with Crippen molar-refractivity contribution in [2.45, 2.75) is 43.8 Å². The average molecular weight is 468 g/mol. The van der Waals surface area contributed by atoms with Gasteiger partial charge in [-0.2, -0.15) is 5.26 Å². The Bertz CT molecular complexity index is 1150. The molecule has 2 saturated heterocycles. The second-order valence-electron chi connectivity index (χ2n) is 9.53. The maximum Gasteiger partial charge on any atom is 0.236 e. The molecule has 1 unspecified atom stereocenters. The van der Waals surface area contributed by atoms with Gasteiger partial charge in [-0.1, -0.05) is 13.0 Å². The fourth-order valence-electron chi connectivity index (χ4n) is 5.51. The van der Waals surface area contributed by atoms with E-state index in [0.717, 1.165) is 12.2 Å². The van der Waals surface area contributed by atoms with Crippen molar-refractivity contribution in [2.75, 3.05) is 31.6 Å². The number of nitriles is 1. The van der Waals surface area contributed by atoms with Gasteiger partial charge in [-0.25, -0.2) is 13.8 Å². The molecule has 5 rings (SSSR count). The van der Waals surface area contributed by atoms with Gasteiger partial charge >= 0.3 is 0 Å². The summed E-state index contributed by atoms with van der Waals surface area (Å²) in [4.78, 5) is 21.8. The number of pyridine rings is 1. The number of likely N-dealkylation sites (tertiary alicyclic amines) is 1. The molecule has 1 aromatic heterocycles. The zero-order valence-electron chi connectivity index (χ0n) is 19.2. The molecule has 2 bridgehead atoms. The predicted octanol–water partition coefficient (Wildman–Crippen LogP) is 2.94. The number of hydrogen-bond donors (Lipinski definition) is 1. The summed E-state index contributed by atoms with van der Waals surface area (Å²) in [5, 5.41) is 12.3. The molecule has 2 aromatic rings. The minimum atomic E-state index is -0.741. The van der Waals surface area contributed by atoms with Crippen LogP contribution < -0.4 is 15.0 Å². The van der Waals surface area contributed by atoms with Crippen LogP contribution in [0, 0.1) is 28.9 Å². The number of nitrogens with one attached hydrogen (secondary N) is 1. The molecule has 1 aromatic carbocycles. The third-order valence-electron chi connectivity index (χ3n) is 7.48. The highest BCUT2D eigenvalue weighted by Crippen LogP contribution is 2.48. The van der Waals surface area contributed by atoms with Crippen molar-refractivity contribution in [2.24, 2.45) is 5.92 Å². The van der Waals surface area contributed by atoms with Crippen molar-refractivity contribution < 1.29 is 18.3 Å². The molecule has 3 aliphatic rings. The van der Waals surface area contributed by atoms with Crippen LogP contribution in [0.5, 0.6) is 5.75 Å². The number of amides is 1. The molecule has 178 valence electrons. The Balaban J connectivity index is 1.26. The maximum atomic E-state index is 14.8. The summed E-state index contributed by atoms with van der Waals surface area (Å²) in [7, 11) is 1.24. The summed E-state index contributed by atoms with van der Waals surface area (Å²) in [6, 6.07) is 8.68. The standard InChI is InChI=1S/C25H27F2N5O2/c1-15-9-17-13-31(14-20(15)32(17)21-6-3-16(10-28)11-29-21)22(33)12-30-25(7-8-25)18-4-5-19(26)24(34-2)23(18)27/h3-6,11,15,17,20,30H,7-9,12-14H2,1-2H3/t15-,17?,20+/m1/s1. The molecule has 1 saturated carbocycles. The Morgan fingerprint density at radius 2 is 2.09 bits per heavy atom. The fraction of sp³-hybridized carbons (Fsp3) is 0.480. The van der Waals surface area contributed by atoms with Crippen LogP contribution >= 0.6 is 0 Å². The van der Waals surface area contributed by atoms with E-state index in [2.05, 4.69) is 28.2 Å². The zero-order chi connectivity index (χ0) is 24.0. The summed E-state index contributed by atoms with van der Waals surface area (Å²) < 4.78 is 33.5. The second-order valence-corrected chi connectivity index (χ2v) is 9.53. The SMILES string of the molecule is COc1c(F)ccc(C2(NCC(=O)N3CC4C[C@@H](C)[C@H](C3)N4c3ccc(C#N)cn3)CC2)c1F. The maximum absolute atomic E-state index is 14.8. The van der Waals surface area contributed by atoms with Crippen molar-refractivity contribution in [1.82, 2.24) is 15.2 Å². The summed E-state index contributed by atoms with van der Waals surface area (Å²) in [6.07, 6.45) is 3.90. The second kappa shape index (κ2) is 8.51. The Labute approximate surface area is 197 Å². The quantitative estimate of drug-likeness (QED) is 0.704. The largest absolute Gasteiger partial charge is 0.491 e. The number of fused-ring (bicyclic) bond motifs is 2. The first-order valence-electron chi connectivity index (χ1n) is 11.6. The first-order valence-corrected chi connectivity index (χ1v) is 11.6. The smallest absolute Gasteiger partial charge is 0.236 e. The Kier molecular flexibility index (Phi) is 5.64. The molecule has 34 heavy (non-hydrogen) atoms. The highest BCUT2D eigenvalue weighted by Gasteiger charge is 2.49. The van der Waals surface area contributed by atoms with Gasteiger partial charge in [0.2, 0.25) is 5.91 Å². The molecule has 7 nitrogen and oxygen atoms in total. The van der Waals surface area contributed by atoms with E-state index in [1.54, 1.807) is 12.3 Å². The summed E-state index contributed by atoms with van der Waals surface area (Å²) in [6.45, 7) is 3.46. The lowest BCUT2D eigenvalue weighted by atomic mass is 10.0. The van der Waals surface area contributed by atoms with E-state index in [0.29, 0.717) is 43.0 Å². The minimum Gasteiger partial charge on any atom is -0.491 e. The molecule has 9 heteroatoms. The van der Waals surface area contributed by atoms with Gasteiger partial charge in [0.1, 0.15) is 11.9 Å². The molecule has 3 fully saturated rings. The predicted molar refractivity (Wildman–Crippen MR) is 121 cm³/mol. The number of piperazine rings is 1. The normalized spacial score (nSPS) is 24.6. The number of nitrogens with zero attached hydrogens (tertiary/aromatic N) is 4. The number of hydrogen-bond acceptors (Lipinski definition) is 6. The molecule has 3 heterocycles. The first kappa shape index (κ1) is 22.5. The molecule has 1 amide bonds. The van der Waals surface area contributed by atoms with Crippen LogP contribution in [-0.4, -0.2) is 54.6 Å². The number of anilines is 1. The van der Waals surface area contributed by atoms with Crippen LogP contribution in [0.25, 0.3) is 0 Å². The van der Waals surface area contributed by atoms with Gasteiger partial charge in [0, 0.05) is 36.4 Å². The van der Waals surface area contributed by atoms with Crippen molar-refractivity contribution in [3.05, 3.63) is 53.2 Å². The molecule has 2 aliphatic heterocycles. The monoisotopic (exact) mass is 467 g/mol. The van der Waals surface area contributed by atoms with E-state index in [9.17, 15) is 13.6 Å². The summed E-state index contributed by atoms with van der Waals surface area (Å²) >= 11 is 0. The Morgan fingerprint density at radius 1 is 1.29 bits per heavy atom. The number of rotatable bonds is 6. The van der Waals surface area contributed by atoms with Crippen LogP contribution in [0.2, 0.25) is 0 Å². The zero-order valence-corrected chi connectivity index (χ0v) is 19.2. The van der Waals surface area contributed by atoms with Crippen molar-refractivity contribution >= 4 is 11.7 Å². The van der Waals surface area contributed by atoms with Gasteiger partial charge in [-0.3, -0.25) is 10.1 Å². The van der Waals surface area contributed by atoms with Gasteiger partial charge in [0.15, 0.2) is 17.4 Å². The minimum absolute atomic E-state index is 0.0303. The lowest BCUT2D eigenvalue weighted by molar-refractivity contribution is -0.131. The number of methoxy groups -OCH3 is 1. The number of benzene rings is 1. The molecule has 0 radical (unpaired) electrons. The number of carbonyl (C=O) groups is 1. The molecule has 1 aliphatic carbocycles. The average Bonchev–Trinajstić information content (AvgIpc) is 3.59. The lowest BCUT2D eigenvalue weighted by Crippen LogP contribution is -2.58. The van der Waals surface area contributed by atoms with E-state index >= 15 is 0 Å². The van der Waals surface area contributed by atoms with Crippen molar-refractivity contribution in [1.29, 1.82) is 5.26 Å². The van der Waals surface area contributed by atoms with E-state index in [-0.39, 0.29) is 24.5 Å².